The predicted octanol–water partition coefficient (Wildman–Crippen LogP) is 3.50. The molecule has 0 aliphatic heterocycles. The van der Waals surface area contributed by atoms with Crippen molar-refractivity contribution in [2.24, 2.45) is 11.7 Å². The molecule has 0 unspecified atom stereocenters. The van der Waals surface area contributed by atoms with Crippen molar-refractivity contribution in [3.63, 3.8) is 0 Å². The first-order valence-electron chi connectivity index (χ1n) is 7.55. The summed E-state index contributed by atoms with van der Waals surface area (Å²) < 4.78 is 0. The van der Waals surface area contributed by atoms with E-state index in [1.807, 2.05) is 24.4 Å². The van der Waals surface area contributed by atoms with Gasteiger partial charge in [-0.3, -0.25) is 4.98 Å². The zero-order valence-electron chi connectivity index (χ0n) is 12.4. The minimum Gasteiger partial charge on any atom is -0.389 e. The summed E-state index contributed by atoms with van der Waals surface area (Å²) >= 11 is 5.23. The second-order valence-electron chi connectivity index (χ2n) is 5.93. The van der Waals surface area contributed by atoms with Crippen molar-refractivity contribution >= 4 is 33.8 Å². The second kappa shape index (κ2) is 5.98. The number of fused-ring (bicyclic) bond motifs is 1. The van der Waals surface area contributed by atoms with Gasteiger partial charge >= 0.3 is 0 Å². The Morgan fingerprint density at radius 1 is 1.33 bits per heavy atom. The number of aromatic nitrogens is 1. The molecule has 0 amide bonds. The molecule has 1 saturated carbocycles. The molecule has 4 heteroatoms. The van der Waals surface area contributed by atoms with Crippen molar-refractivity contribution in [2.45, 2.75) is 25.7 Å². The number of anilines is 1. The molecule has 2 N–H and O–H groups in total. The molecule has 1 aliphatic carbocycles. The van der Waals surface area contributed by atoms with E-state index in [0.29, 0.717) is 4.99 Å². The van der Waals surface area contributed by atoms with Crippen molar-refractivity contribution in [1.82, 2.24) is 4.98 Å². The number of hydrogen-bond acceptors (Lipinski definition) is 3. The van der Waals surface area contributed by atoms with Gasteiger partial charge in [0.25, 0.3) is 0 Å². The van der Waals surface area contributed by atoms with Gasteiger partial charge in [0.05, 0.1) is 16.8 Å². The highest BCUT2D eigenvalue weighted by Gasteiger charge is 2.20. The minimum absolute atomic E-state index is 0.418. The average Bonchev–Trinajstić information content (AvgIpc) is 2.98. The van der Waals surface area contributed by atoms with E-state index in [9.17, 15) is 0 Å². The molecule has 1 fully saturated rings. The molecule has 0 bridgehead atoms. The van der Waals surface area contributed by atoms with Crippen LogP contribution in [0.2, 0.25) is 0 Å². The Labute approximate surface area is 131 Å². The van der Waals surface area contributed by atoms with Gasteiger partial charge in [0.15, 0.2) is 0 Å². The third kappa shape index (κ3) is 2.86. The number of nitrogens with two attached hydrogens (primary N) is 1. The summed E-state index contributed by atoms with van der Waals surface area (Å²) in [5.74, 6) is 0.779. The molecule has 110 valence electrons. The zero-order chi connectivity index (χ0) is 14.8. The maximum atomic E-state index is 5.92. The Kier molecular flexibility index (Phi) is 4.06. The highest BCUT2D eigenvalue weighted by molar-refractivity contribution is 7.80. The van der Waals surface area contributed by atoms with Crippen LogP contribution in [0.4, 0.5) is 5.69 Å². The van der Waals surface area contributed by atoms with Crippen LogP contribution >= 0.6 is 12.2 Å². The van der Waals surface area contributed by atoms with Crippen molar-refractivity contribution in [3.05, 3.63) is 36.0 Å². The molecule has 0 saturated heterocycles. The average molecular weight is 299 g/mol. The second-order valence-corrected chi connectivity index (χ2v) is 6.37. The number of benzene rings is 1. The van der Waals surface area contributed by atoms with Gasteiger partial charge in [-0.2, -0.15) is 0 Å². The van der Waals surface area contributed by atoms with Crippen LogP contribution < -0.4 is 10.6 Å². The van der Waals surface area contributed by atoms with Crippen LogP contribution in [0.3, 0.4) is 0 Å². The molecule has 2 aromatic rings. The SMILES string of the molecule is CN(CC1CCCC1)c1c(C(N)=S)cnc2ccccc12. The molecule has 0 radical (unpaired) electrons. The maximum Gasteiger partial charge on any atom is 0.107 e. The van der Waals surface area contributed by atoms with Gasteiger partial charge in [-0.05, 0) is 24.8 Å². The zero-order valence-corrected chi connectivity index (χ0v) is 13.2. The van der Waals surface area contributed by atoms with Gasteiger partial charge < -0.3 is 10.6 Å². The first-order chi connectivity index (χ1) is 10.2. The molecule has 1 aromatic heterocycles. The molecule has 0 spiro atoms. The summed E-state index contributed by atoms with van der Waals surface area (Å²) in [6.07, 6.45) is 7.19. The van der Waals surface area contributed by atoms with E-state index in [1.165, 1.54) is 25.7 Å². The van der Waals surface area contributed by atoms with Gasteiger partial charge in [0.1, 0.15) is 4.99 Å². The fraction of sp³-hybridized carbons (Fsp3) is 0.412. The maximum absolute atomic E-state index is 5.92. The fourth-order valence-electron chi connectivity index (χ4n) is 3.39. The number of nitrogens with zero attached hydrogens (tertiary/aromatic N) is 2. The van der Waals surface area contributed by atoms with Crippen LogP contribution in [0.5, 0.6) is 0 Å². The molecule has 3 rings (SSSR count). The number of hydrogen-bond donors (Lipinski definition) is 1. The van der Waals surface area contributed by atoms with E-state index < -0.39 is 0 Å². The lowest BCUT2D eigenvalue weighted by Crippen LogP contribution is -2.27. The lowest BCUT2D eigenvalue weighted by Gasteiger charge is -2.26. The fourth-order valence-corrected chi connectivity index (χ4v) is 3.54. The van der Waals surface area contributed by atoms with E-state index in [2.05, 4.69) is 23.0 Å². The van der Waals surface area contributed by atoms with Crippen LogP contribution in [0.1, 0.15) is 31.2 Å². The summed E-state index contributed by atoms with van der Waals surface area (Å²) in [6, 6.07) is 8.19. The van der Waals surface area contributed by atoms with Gasteiger partial charge in [-0.25, -0.2) is 0 Å². The Morgan fingerprint density at radius 2 is 2.05 bits per heavy atom. The smallest absolute Gasteiger partial charge is 0.107 e. The summed E-state index contributed by atoms with van der Waals surface area (Å²) in [6.45, 7) is 1.06. The van der Waals surface area contributed by atoms with E-state index in [1.54, 1.807) is 0 Å². The normalized spacial score (nSPS) is 15.5. The molecular formula is C17H21N3S. The van der Waals surface area contributed by atoms with Crippen LogP contribution in [0, 0.1) is 5.92 Å². The van der Waals surface area contributed by atoms with E-state index in [4.69, 9.17) is 18.0 Å². The third-order valence-corrected chi connectivity index (χ3v) is 4.62. The Bertz CT molecular complexity index is 662. The molecule has 0 atom stereocenters. The highest BCUT2D eigenvalue weighted by Crippen LogP contribution is 2.32. The van der Waals surface area contributed by atoms with E-state index in [0.717, 1.165) is 34.6 Å². The van der Waals surface area contributed by atoms with Crippen molar-refractivity contribution in [2.75, 3.05) is 18.5 Å². The molecule has 3 nitrogen and oxygen atoms in total. The summed E-state index contributed by atoms with van der Waals surface area (Å²) in [5.41, 5.74) is 8.91. The van der Waals surface area contributed by atoms with Gasteiger partial charge in [-0.15, -0.1) is 0 Å². The van der Waals surface area contributed by atoms with Crippen molar-refractivity contribution in [1.29, 1.82) is 0 Å². The van der Waals surface area contributed by atoms with Crippen LogP contribution in [-0.4, -0.2) is 23.6 Å². The molecule has 21 heavy (non-hydrogen) atoms. The third-order valence-electron chi connectivity index (χ3n) is 4.40. The lowest BCUT2D eigenvalue weighted by atomic mass is 10.0. The van der Waals surface area contributed by atoms with Crippen molar-refractivity contribution in [3.8, 4) is 0 Å². The monoisotopic (exact) mass is 299 g/mol. The predicted molar refractivity (Wildman–Crippen MR) is 92.9 cm³/mol. The Morgan fingerprint density at radius 3 is 2.76 bits per heavy atom. The summed E-state index contributed by atoms with van der Waals surface area (Å²) in [5, 5.41) is 1.13. The minimum atomic E-state index is 0.418. The Hall–Kier alpha value is -1.68. The molecular weight excluding hydrogens is 278 g/mol. The van der Waals surface area contributed by atoms with Gasteiger partial charge in [0, 0.05) is 25.2 Å². The molecule has 1 aromatic carbocycles. The number of pyridine rings is 1. The highest BCUT2D eigenvalue weighted by atomic mass is 32.1. The first kappa shape index (κ1) is 14.3. The topological polar surface area (TPSA) is 42.1 Å². The van der Waals surface area contributed by atoms with E-state index in [-0.39, 0.29) is 0 Å². The summed E-state index contributed by atoms with van der Waals surface area (Å²) in [7, 11) is 2.14. The largest absolute Gasteiger partial charge is 0.389 e. The number of para-hydroxylation sites is 1. The summed E-state index contributed by atoms with van der Waals surface area (Å²) in [4.78, 5) is 7.22. The van der Waals surface area contributed by atoms with Gasteiger partial charge in [-0.1, -0.05) is 43.3 Å². The molecule has 1 aliphatic rings. The van der Waals surface area contributed by atoms with Crippen LogP contribution in [0.15, 0.2) is 30.5 Å². The standard InChI is InChI=1S/C17H21N3S/c1-20(11-12-6-2-3-7-12)16-13-8-4-5-9-15(13)19-10-14(16)17(18)21/h4-5,8-10,12H,2-3,6-7,11H2,1H3,(H2,18,21). The first-order valence-corrected chi connectivity index (χ1v) is 7.96. The quantitative estimate of drug-likeness (QED) is 0.878. The lowest BCUT2D eigenvalue weighted by molar-refractivity contribution is 0.547. The molecule has 1 heterocycles. The van der Waals surface area contributed by atoms with Crippen LogP contribution in [0.25, 0.3) is 10.9 Å². The number of rotatable bonds is 4. The Balaban J connectivity index is 2.04. The van der Waals surface area contributed by atoms with Crippen LogP contribution in [-0.2, 0) is 0 Å². The van der Waals surface area contributed by atoms with E-state index >= 15 is 0 Å². The number of thiocarbonyl (C=S) groups is 1. The van der Waals surface area contributed by atoms with Crippen molar-refractivity contribution < 1.29 is 0 Å². The van der Waals surface area contributed by atoms with Gasteiger partial charge in [0.2, 0.25) is 0 Å².